The third kappa shape index (κ3) is 1.86. The maximum absolute atomic E-state index is 5.71. The molecule has 0 bridgehead atoms. The number of aromatic nitrogens is 3. The van der Waals surface area contributed by atoms with Crippen LogP contribution in [0.25, 0.3) is 22.2 Å². The van der Waals surface area contributed by atoms with Gasteiger partial charge in [-0.05, 0) is 30.7 Å². The standard InChI is InChI=1S/C12H10N4OS/c1-7-4-8(13)2-3-9(7)12-15-11(16-17-12)10-5-14-6-18-10/h2-6H,13H2,1H3. The molecule has 0 radical (unpaired) electrons. The first-order chi connectivity index (χ1) is 8.74. The lowest BCUT2D eigenvalue weighted by Gasteiger charge is -2.00. The van der Waals surface area contributed by atoms with Gasteiger partial charge in [-0.15, -0.1) is 11.3 Å². The predicted molar refractivity (Wildman–Crippen MR) is 70.0 cm³/mol. The molecule has 5 nitrogen and oxygen atoms in total. The smallest absolute Gasteiger partial charge is 0.258 e. The van der Waals surface area contributed by atoms with Gasteiger partial charge in [-0.1, -0.05) is 5.16 Å². The topological polar surface area (TPSA) is 77.8 Å². The van der Waals surface area contributed by atoms with Crippen molar-refractivity contribution in [3.63, 3.8) is 0 Å². The highest BCUT2D eigenvalue weighted by Gasteiger charge is 2.13. The molecule has 18 heavy (non-hydrogen) atoms. The summed E-state index contributed by atoms with van der Waals surface area (Å²) in [6.07, 6.45) is 1.72. The molecule has 0 aliphatic carbocycles. The Kier molecular flexibility index (Phi) is 2.56. The van der Waals surface area contributed by atoms with Crippen molar-refractivity contribution in [2.75, 3.05) is 5.73 Å². The van der Waals surface area contributed by atoms with Gasteiger partial charge < -0.3 is 10.3 Å². The fourth-order valence-electron chi connectivity index (χ4n) is 1.69. The molecule has 3 aromatic rings. The van der Waals surface area contributed by atoms with E-state index < -0.39 is 0 Å². The first-order valence-corrected chi connectivity index (χ1v) is 6.21. The fourth-order valence-corrected chi connectivity index (χ4v) is 2.23. The monoisotopic (exact) mass is 258 g/mol. The van der Waals surface area contributed by atoms with E-state index in [1.165, 1.54) is 11.3 Å². The summed E-state index contributed by atoms with van der Waals surface area (Å²) in [7, 11) is 0. The molecule has 2 N–H and O–H groups in total. The molecule has 0 saturated carbocycles. The highest BCUT2D eigenvalue weighted by atomic mass is 32.1. The summed E-state index contributed by atoms with van der Waals surface area (Å²) >= 11 is 1.48. The Morgan fingerprint density at radius 2 is 2.22 bits per heavy atom. The maximum Gasteiger partial charge on any atom is 0.258 e. The highest BCUT2D eigenvalue weighted by molar-refractivity contribution is 7.13. The predicted octanol–water partition coefficient (Wildman–Crippen LogP) is 2.75. The molecule has 6 heteroatoms. The SMILES string of the molecule is Cc1cc(N)ccc1-c1nc(-c2cncs2)no1. The number of nitrogens with two attached hydrogens (primary N) is 1. The molecule has 0 saturated heterocycles. The van der Waals surface area contributed by atoms with Gasteiger partial charge in [-0.25, -0.2) is 0 Å². The number of nitrogens with zero attached hydrogens (tertiary/aromatic N) is 3. The summed E-state index contributed by atoms with van der Waals surface area (Å²) in [4.78, 5) is 9.24. The van der Waals surface area contributed by atoms with Crippen molar-refractivity contribution in [3.05, 3.63) is 35.5 Å². The first-order valence-electron chi connectivity index (χ1n) is 5.33. The Hall–Kier alpha value is -2.21. The quantitative estimate of drug-likeness (QED) is 0.715. The molecule has 3 rings (SSSR count). The van der Waals surface area contributed by atoms with Crippen molar-refractivity contribution in [1.29, 1.82) is 0 Å². The van der Waals surface area contributed by atoms with E-state index in [2.05, 4.69) is 15.1 Å². The van der Waals surface area contributed by atoms with Crippen LogP contribution in [-0.2, 0) is 0 Å². The van der Waals surface area contributed by atoms with Crippen molar-refractivity contribution < 1.29 is 4.52 Å². The van der Waals surface area contributed by atoms with Crippen LogP contribution in [0.4, 0.5) is 5.69 Å². The normalized spacial score (nSPS) is 10.7. The zero-order chi connectivity index (χ0) is 12.5. The lowest BCUT2D eigenvalue weighted by Crippen LogP contribution is -1.88. The minimum atomic E-state index is 0.496. The van der Waals surface area contributed by atoms with Crippen LogP contribution in [0.1, 0.15) is 5.56 Å². The summed E-state index contributed by atoms with van der Waals surface area (Å²) in [5.41, 5.74) is 10.1. The van der Waals surface area contributed by atoms with Crippen molar-refractivity contribution in [3.8, 4) is 22.2 Å². The number of hydrogen-bond acceptors (Lipinski definition) is 6. The number of nitrogen functional groups attached to an aromatic ring is 1. The fraction of sp³-hybridized carbons (Fsp3) is 0.0833. The van der Waals surface area contributed by atoms with Gasteiger partial charge in [0.15, 0.2) is 0 Å². The summed E-state index contributed by atoms with van der Waals surface area (Å²) in [6.45, 7) is 1.96. The molecule has 0 amide bonds. The van der Waals surface area contributed by atoms with Crippen LogP contribution >= 0.6 is 11.3 Å². The van der Waals surface area contributed by atoms with Crippen molar-refractivity contribution in [2.24, 2.45) is 0 Å². The van der Waals surface area contributed by atoms with E-state index in [0.29, 0.717) is 11.7 Å². The Balaban J connectivity index is 2.03. The average Bonchev–Trinajstić information content (AvgIpc) is 2.99. The molecular weight excluding hydrogens is 248 g/mol. The zero-order valence-electron chi connectivity index (χ0n) is 9.62. The Morgan fingerprint density at radius 1 is 1.33 bits per heavy atom. The third-order valence-corrected chi connectivity index (χ3v) is 3.33. The second-order valence-corrected chi connectivity index (χ2v) is 4.75. The summed E-state index contributed by atoms with van der Waals surface area (Å²) in [6, 6.07) is 5.58. The molecule has 2 heterocycles. The number of anilines is 1. The number of benzene rings is 1. The highest BCUT2D eigenvalue weighted by Crippen LogP contribution is 2.27. The molecule has 1 aromatic carbocycles. The third-order valence-electron chi connectivity index (χ3n) is 2.56. The van der Waals surface area contributed by atoms with Crippen LogP contribution in [0.3, 0.4) is 0 Å². The van der Waals surface area contributed by atoms with Gasteiger partial charge in [0.2, 0.25) is 5.82 Å². The average molecular weight is 258 g/mol. The van der Waals surface area contributed by atoms with Crippen LogP contribution < -0.4 is 5.73 Å². The summed E-state index contributed by atoms with van der Waals surface area (Å²) < 4.78 is 5.27. The molecule has 2 aromatic heterocycles. The number of rotatable bonds is 2. The van der Waals surface area contributed by atoms with Crippen LogP contribution in [0.2, 0.25) is 0 Å². The Labute approximate surface area is 107 Å². The van der Waals surface area contributed by atoms with Crippen molar-refractivity contribution in [2.45, 2.75) is 6.92 Å². The molecule has 0 atom stereocenters. The zero-order valence-corrected chi connectivity index (χ0v) is 10.4. The molecule has 0 aliphatic heterocycles. The van der Waals surface area contributed by atoms with E-state index in [-0.39, 0.29) is 0 Å². The Morgan fingerprint density at radius 3 is 2.94 bits per heavy atom. The number of aryl methyl sites for hydroxylation is 1. The number of thiazole rings is 1. The molecule has 90 valence electrons. The van der Waals surface area contributed by atoms with E-state index in [1.807, 2.05) is 25.1 Å². The van der Waals surface area contributed by atoms with Gasteiger partial charge in [0.1, 0.15) is 0 Å². The van der Waals surface area contributed by atoms with Gasteiger partial charge >= 0.3 is 0 Å². The van der Waals surface area contributed by atoms with E-state index in [9.17, 15) is 0 Å². The lowest BCUT2D eigenvalue weighted by atomic mass is 10.1. The van der Waals surface area contributed by atoms with Crippen LogP contribution in [0.15, 0.2) is 34.4 Å². The summed E-state index contributed by atoms with van der Waals surface area (Å²) in [5.74, 6) is 1.06. The van der Waals surface area contributed by atoms with E-state index in [4.69, 9.17) is 10.3 Å². The molecular formula is C12H10N4OS. The van der Waals surface area contributed by atoms with Gasteiger partial charge in [-0.2, -0.15) is 4.98 Å². The first kappa shape index (κ1) is 10.9. The largest absolute Gasteiger partial charge is 0.399 e. The molecule has 0 aliphatic rings. The van der Waals surface area contributed by atoms with Crippen LogP contribution in [0, 0.1) is 6.92 Å². The van der Waals surface area contributed by atoms with Crippen LogP contribution in [-0.4, -0.2) is 15.1 Å². The molecule has 0 unspecified atom stereocenters. The lowest BCUT2D eigenvalue weighted by molar-refractivity contribution is 0.432. The minimum Gasteiger partial charge on any atom is -0.399 e. The van der Waals surface area contributed by atoms with Gasteiger partial charge in [-0.3, -0.25) is 4.98 Å². The van der Waals surface area contributed by atoms with Crippen molar-refractivity contribution >= 4 is 17.0 Å². The summed E-state index contributed by atoms with van der Waals surface area (Å²) in [5, 5.41) is 3.95. The maximum atomic E-state index is 5.71. The Bertz CT molecular complexity index is 675. The second-order valence-electron chi connectivity index (χ2n) is 3.86. The van der Waals surface area contributed by atoms with E-state index in [0.717, 1.165) is 21.7 Å². The van der Waals surface area contributed by atoms with Gasteiger partial charge in [0.25, 0.3) is 5.89 Å². The van der Waals surface area contributed by atoms with Crippen LogP contribution in [0.5, 0.6) is 0 Å². The van der Waals surface area contributed by atoms with Gasteiger partial charge in [0, 0.05) is 17.4 Å². The van der Waals surface area contributed by atoms with Crippen molar-refractivity contribution in [1.82, 2.24) is 15.1 Å². The molecule has 0 spiro atoms. The second kappa shape index (κ2) is 4.23. The molecule has 0 fully saturated rings. The number of hydrogen-bond donors (Lipinski definition) is 1. The van der Waals surface area contributed by atoms with E-state index in [1.54, 1.807) is 11.7 Å². The van der Waals surface area contributed by atoms with E-state index >= 15 is 0 Å². The van der Waals surface area contributed by atoms with Gasteiger partial charge in [0.05, 0.1) is 10.4 Å². The minimum absolute atomic E-state index is 0.496.